The largest absolute Gasteiger partial charge is 0.514 e. The normalized spacial score (nSPS) is 11.3. The van der Waals surface area contributed by atoms with Crippen molar-refractivity contribution < 1.29 is 9.90 Å². The molecule has 0 bridgehead atoms. The molecule has 0 saturated heterocycles. The van der Waals surface area contributed by atoms with E-state index in [1.807, 2.05) is 60.7 Å². The van der Waals surface area contributed by atoms with E-state index in [4.69, 9.17) is 0 Å². The summed E-state index contributed by atoms with van der Waals surface area (Å²) in [6, 6.07) is 19.3. The van der Waals surface area contributed by atoms with Crippen LogP contribution in [0.4, 0.5) is 0 Å². The SMILES string of the molecule is O=C(CSc1ccccc1)C(=CO)Sc1ccccc1. The molecule has 0 unspecified atom stereocenters. The Hall–Kier alpha value is -1.65. The Morgan fingerprint density at radius 2 is 1.50 bits per heavy atom. The number of allylic oxidation sites excluding steroid dienone is 1. The first kappa shape index (κ1) is 14.8. The molecule has 0 heterocycles. The minimum Gasteiger partial charge on any atom is -0.514 e. The van der Waals surface area contributed by atoms with Crippen LogP contribution in [0.15, 0.2) is 81.6 Å². The van der Waals surface area contributed by atoms with Crippen LogP contribution in [0.3, 0.4) is 0 Å². The Labute approximate surface area is 126 Å². The predicted molar refractivity (Wildman–Crippen MR) is 85.2 cm³/mol. The van der Waals surface area contributed by atoms with Crippen molar-refractivity contribution in [2.24, 2.45) is 0 Å². The van der Waals surface area contributed by atoms with Gasteiger partial charge < -0.3 is 5.11 Å². The van der Waals surface area contributed by atoms with Gasteiger partial charge in [-0.05, 0) is 24.3 Å². The number of benzene rings is 2. The first-order chi connectivity index (χ1) is 9.79. The zero-order chi connectivity index (χ0) is 14.2. The Morgan fingerprint density at radius 1 is 0.950 bits per heavy atom. The van der Waals surface area contributed by atoms with E-state index in [0.29, 0.717) is 10.7 Å². The summed E-state index contributed by atoms with van der Waals surface area (Å²) in [6.07, 6.45) is 0.894. The molecule has 20 heavy (non-hydrogen) atoms. The quantitative estimate of drug-likeness (QED) is 0.483. The summed E-state index contributed by atoms with van der Waals surface area (Å²) in [7, 11) is 0. The van der Waals surface area contributed by atoms with Crippen molar-refractivity contribution in [3.8, 4) is 0 Å². The van der Waals surface area contributed by atoms with Crippen molar-refractivity contribution >= 4 is 29.3 Å². The second kappa shape index (κ2) is 7.82. The molecule has 0 fully saturated rings. The molecular weight excluding hydrogens is 288 g/mol. The van der Waals surface area contributed by atoms with Gasteiger partial charge in [0.25, 0.3) is 0 Å². The molecule has 0 aliphatic heterocycles. The summed E-state index contributed by atoms with van der Waals surface area (Å²) in [6.45, 7) is 0. The number of aliphatic hydroxyl groups is 1. The molecule has 102 valence electrons. The maximum absolute atomic E-state index is 12.1. The summed E-state index contributed by atoms with van der Waals surface area (Å²) in [5.74, 6) is 0.242. The number of hydrogen-bond acceptors (Lipinski definition) is 4. The number of rotatable bonds is 6. The van der Waals surface area contributed by atoms with Crippen molar-refractivity contribution in [1.29, 1.82) is 0 Å². The lowest BCUT2D eigenvalue weighted by Crippen LogP contribution is -2.03. The van der Waals surface area contributed by atoms with Gasteiger partial charge in [-0.2, -0.15) is 0 Å². The number of ketones is 1. The first-order valence-corrected chi connectivity index (χ1v) is 7.88. The summed E-state index contributed by atoms with van der Waals surface area (Å²) in [5.41, 5.74) is 0. The molecule has 2 aromatic carbocycles. The topological polar surface area (TPSA) is 37.3 Å². The fourth-order valence-corrected chi connectivity index (χ4v) is 3.19. The van der Waals surface area contributed by atoms with Gasteiger partial charge in [-0.3, -0.25) is 4.79 Å². The van der Waals surface area contributed by atoms with E-state index in [1.165, 1.54) is 23.5 Å². The molecule has 0 amide bonds. The first-order valence-electron chi connectivity index (χ1n) is 6.08. The fraction of sp³-hybridized carbons (Fsp3) is 0.0625. The predicted octanol–water partition coefficient (Wildman–Crippen LogP) is 4.54. The zero-order valence-corrected chi connectivity index (χ0v) is 12.4. The lowest BCUT2D eigenvalue weighted by molar-refractivity contribution is -0.112. The monoisotopic (exact) mass is 302 g/mol. The summed E-state index contributed by atoms with van der Waals surface area (Å²) in [4.78, 5) is 14.4. The van der Waals surface area contributed by atoms with Crippen LogP contribution in [0.25, 0.3) is 0 Å². The second-order valence-corrected chi connectivity index (χ2v) is 6.10. The Bertz CT molecular complexity index is 580. The third-order valence-electron chi connectivity index (χ3n) is 2.48. The van der Waals surface area contributed by atoms with E-state index >= 15 is 0 Å². The minimum atomic E-state index is -0.0739. The van der Waals surface area contributed by atoms with Crippen LogP contribution in [0.1, 0.15) is 0 Å². The van der Waals surface area contributed by atoms with Gasteiger partial charge in [-0.15, -0.1) is 11.8 Å². The number of hydrogen-bond donors (Lipinski definition) is 1. The van der Waals surface area contributed by atoms with Crippen molar-refractivity contribution in [3.05, 3.63) is 71.8 Å². The summed E-state index contributed by atoms with van der Waals surface area (Å²) < 4.78 is 0. The van der Waals surface area contributed by atoms with E-state index in [-0.39, 0.29) is 5.78 Å². The van der Waals surface area contributed by atoms with Gasteiger partial charge >= 0.3 is 0 Å². The van der Waals surface area contributed by atoms with Crippen LogP contribution in [0.5, 0.6) is 0 Å². The molecule has 0 atom stereocenters. The zero-order valence-electron chi connectivity index (χ0n) is 10.7. The van der Waals surface area contributed by atoms with Gasteiger partial charge in [-0.25, -0.2) is 0 Å². The van der Waals surface area contributed by atoms with Crippen LogP contribution < -0.4 is 0 Å². The van der Waals surface area contributed by atoms with Crippen molar-refractivity contribution in [2.75, 3.05) is 5.75 Å². The van der Waals surface area contributed by atoms with E-state index in [0.717, 1.165) is 16.1 Å². The molecule has 4 heteroatoms. The number of carbonyl (C=O) groups is 1. The Morgan fingerprint density at radius 3 is 2.05 bits per heavy atom. The average Bonchev–Trinajstić information content (AvgIpc) is 2.52. The number of carbonyl (C=O) groups excluding carboxylic acids is 1. The van der Waals surface area contributed by atoms with Gasteiger partial charge in [-0.1, -0.05) is 48.2 Å². The summed E-state index contributed by atoms with van der Waals surface area (Å²) >= 11 is 2.75. The molecule has 0 spiro atoms. The van der Waals surface area contributed by atoms with E-state index in [9.17, 15) is 9.90 Å². The van der Waals surface area contributed by atoms with E-state index in [2.05, 4.69) is 0 Å². The second-order valence-electron chi connectivity index (χ2n) is 3.93. The highest BCUT2D eigenvalue weighted by molar-refractivity contribution is 8.04. The van der Waals surface area contributed by atoms with Gasteiger partial charge in [0.2, 0.25) is 0 Å². The molecule has 0 aliphatic rings. The van der Waals surface area contributed by atoms with E-state index < -0.39 is 0 Å². The Kier molecular flexibility index (Phi) is 5.77. The lowest BCUT2D eigenvalue weighted by Gasteiger charge is -2.05. The minimum absolute atomic E-state index is 0.0739. The molecule has 0 radical (unpaired) electrons. The molecule has 2 aromatic rings. The highest BCUT2D eigenvalue weighted by atomic mass is 32.2. The molecule has 0 saturated carbocycles. The molecule has 2 rings (SSSR count). The maximum atomic E-state index is 12.1. The van der Waals surface area contributed by atoms with Crippen molar-refractivity contribution in [1.82, 2.24) is 0 Å². The molecule has 0 aromatic heterocycles. The molecule has 1 N–H and O–H groups in total. The van der Waals surface area contributed by atoms with Crippen LogP contribution in [-0.2, 0) is 4.79 Å². The standard InChI is InChI=1S/C16H14O2S2/c17-11-16(20-14-9-5-2-6-10-14)15(18)12-19-13-7-3-1-4-8-13/h1-11,17H,12H2. The van der Waals surface area contributed by atoms with Gasteiger partial charge in [0.05, 0.1) is 16.9 Å². The van der Waals surface area contributed by atoms with E-state index in [1.54, 1.807) is 0 Å². The van der Waals surface area contributed by atoms with Crippen LogP contribution in [-0.4, -0.2) is 16.6 Å². The third-order valence-corrected chi connectivity index (χ3v) is 4.55. The fourth-order valence-electron chi connectivity index (χ4n) is 1.51. The van der Waals surface area contributed by atoms with Crippen LogP contribution in [0, 0.1) is 0 Å². The van der Waals surface area contributed by atoms with Crippen LogP contribution in [0.2, 0.25) is 0 Å². The average molecular weight is 302 g/mol. The highest BCUT2D eigenvalue weighted by Gasteiger charge is 2.12. The van der Waals surface area contributed by atoms with Crippen molar-refractivity contribution in [2.45, 2.75) is 9.79 Å². The van der Waals surface area contributed by atoms with Crippen LogP contribution >= 0.6 is 23.5 Å². The lowest BCUT2D eigenvalue weighted by atomic mass is 10.4. The van der Waals surface area contributed by atoms with Gasteiger partial charge in [0, 0.05) is 9.79 Å². The summed E-state index contributed by atoms with van der Waals surface area (Å²) in [5, 5.41) is 9.24. The highest BCUT2D eigenvalue weighted by Crippen LogP contribution is 2.28. The molecule has 2 nitrogen and oxygen atoms in total. The third kappa shape index (κ3) is 4.47. The van der Waals surface area contributed by atoms with Crippen molar-refractivity contribution in [3.63, 3.8) is 0 Å². The van der Waals surface area contributed by atoms with Gasteiger partial charge in [0.15, 0.2) is 5.78 Å². The smallest absolute Gasteiger partial charge is 0.182 e. The van der Waals surface area contributed by atoms with Gasteiger partial charge in [0.1, 0.15) is 0 Å². The number of thioether (sulfide) groups is 2. The Balaban J connectivity index is 1.93. The molecule has 0 aliphatic carbocycles. The number of aliphatic hydroxyl groups excluding tert-OH is 1. The maximum Gasteiger partial charge on any atom is 0.182 e. The number of Topliss-reactive ketones (excluding diaryl/α,β-unsaturated/α-hetero) is 1. The molecular formula is C16H14O2S2.